The zero-order chi connectivity index (χ0) is 17.8. The molecule has 1 aromatic carbocycles. The number of nitrogens with one attached hydrogen (secondary N) is 2. The van der Waals surface area contributed by atoms with Crippen LogP contribution in [-0.2, 0) is 4.74 Å². The van der Waals surface area contributed by atoms with Gasteiger partial charge in [0.25, 0.3) is 0 Å². The van der Waals surface area contributed by atoms with Crippen molar-refractivity contribution in [3.63, 3.8) is 0 Å². The van der Waals surface area contributed by atoms with Crippen molar-refractivity contribution in [2.45, 2.75) is 45.7 Å². The molecule has 1 aliphatic heterocycles. The molecule has 2 atom stereocenters. The maximum atomic E-state index is 12.2. The molecular weight excluding hydrogens is 334 g/mol. The number of carbonyl (C=O) groups is 1. The molecule has 6 heteroatoms. The minimum Gasteiger partial charge on any atom is -0.449 e. The molecule has 1 aromatic heterocycles. The normalized spacial score (nSPS) is 23.2. The van der Waals surface area contributed by atoms with Gasteiger partial charge in [-0.05, 0) is 51.7 Å². The number of amides is 1. The quantitative estimate of drug-likeness (QED) is 0.847. The summed E-state index contributed by atoms with van der Waals surface area (Å²) in [5.41, 5.74) is 2.63. The summed E-state index contributed by atoms with van der Waals surface area (Å²) in [5.74, 6) is 0.411. The molecule has 0 radical (unpaired) electrons. The van der Waals surface area contributed by atoms with Crippen LogP contribution in [0.2, 0.25) is 0 Å². The van der Waals surface area contributed by atoms with Gasteiger partial charge in [0, 0.05) is 28.7 Å². The largest absolute Gasteiger partial charge is 0.449 e. The number of piperidine rings is 1. The molecule has 2 aromatic rings. The van der Waals surface area contributed by atoms with Crippen LogP contribution in [0.4, 0.5) is 10.5 Å². The monoisotopic (exact) mass is 359 g/mol. The standard InChI is InChI=1S/C19H25N3O2S/c1-12-8-15(9-13(2)20-12)10-24-19(23)22-17-7-5-4-6-16(17)18-21-14(3)11-25-18/h4-7,11-13,15,20H,8-10H2,1-3H3,(H,22,23)/t12-,13-/m1/s1. The lowest BCUT2D eigenvalue weighted by atomic mass is 9.90. The first-order chi connectivity index (χ1) is 12.0. The maximum absolute atomic E-state index is 12.2. The predicted octanol–water partition coefficient (Wildman–Crippen LogP) is 4.44. The number of aryl methyl sites for hydroxylation is 1. The maximum Gasteiger partial charge on any atom is 0.411 e. The van der Waals surface area contributed by atoms with Gasteiger partial charge in [-0.15, -0.1) is 11.3 Å². The Bertz CT molecular complexity index is 721. The number of carbonyl (C=O) groups excluding carboxylic acids is 1. The Balaban J connectivity index is 1.60. The number of ether oxygens (including phenoxy) is 1. The minimum atomic E-state index is -0.403. The van der Waals surface area contributed by atoms with Gasteiger partial charge in [0.15, 0.2) is 0 Å². The fraction of sp³-hybridized carbons (Fsp3) is 0.474. The van der Waals surface area contributed by atoms with E-state index < -0.39 is 6.09 Å². The lowest BCUT2D eigenvalue weighted by Gasteiger charge is -2.32. The van der Waals surface area contributed by atoms with Crippen molar-refractivity contribution in [3.05, 3.63) is 35.3 Å². The van der Waals surface area contributed by atoms with E-state index in [0.29, 0.717) is 24.6 Å². The Morgan fingerprint density at radius 3 is 2.72 bits per heavy atom. The molecule has 0 aliphatic carbocycles. The highest BCUT2D eigenvalue weighted by Crippen LogP contribution is 2.30. The SMILES string of the molecule is Cc1csc(-c2ccccc2NC(=O)OCC2C[C@@H](C)N[C@H](C)C2)n1. The minimum absolute atomic E-state index is 0.403. The van der Waals surface area contributed by atoms with Crippen LogP contribution in [0.5, 0.6) is 0 Å². The van der Waals surface area contributed by atoms with Crippen LogP contribution in [0.1, 0.15) is 32.4 Å². The van der Waals surface area contributed by atoms with Crippen LogP contribution in [0.15, 0.2) is 29.6 Å². The van der Waals surface area contributed by atoms with Crippen molar-refractivity contribution in [2.24, 2.45) is 5.92 Å². The van der Waals surface area contributed by atoms with Gasteiger partial charge in [-0.2, -0.15) is 0 Å². The predicted molar refractivity (Wildman–Crippen MR) is 102 cm³/mol. The third-order valence-corrected chi connectivity index (χ3v) is 5.40. The van der Waals surface area contributed by atoms with Crippen molar-refractivity contribution in [3.8, 4) is 10.6 Å². The second-order valence-corrected chi connectivity index (χ2v) is 7.73. The van der Waals surface area contributed by atoms with Crippen LogP contribution in [0.3, 0.4) is 0 Å². The van der Waals surface area contributed by atoms with E-state index in [1.54, 1.807) is 11.3 Å². The van der Waals surface area contributed by atoms with Gasteiger partial charge in [-0.25, -0.2) is 9.78 Å². The van der Waals surface area contributed by atoms with E-state index in [2.05, 4.69) is 29.5 Å². The Hall–Kier alpha value is -1.92. The van der Waals surface area contributed by atoms with E-state index in [4.69, 9.17) is 4.74 Å². The number of anilines is 1. The Morgan fingerprint density at radius 2 is 2.04 bits per heavy atom. The third kappa shape index (κ3) is 4.80. The van der Waals surface area contributed by atoms with E-state index in [1.807, 2.05) is 36.6 Å². The third-order valence-electron chi connectivity index (χ3n) is 4.41. The molecule has 0 saturated carbocycles. The number of hydrogen-bond donors (Lipinski definition) is 2. The molecule has 134 valence electrons. The number of nitrogens with zero attached hydrogens (tertiary/aromatic N) is 1. The topological polar surface area (TPSA) is 63.2 Å². The average molecular weight is 359 g/mol. The summed E-state index contributed by atoms with van der Waals surface area (Å²) in [7, 11) is 0. The van der Waals surface area contributed by atoms with Gasteiger partial charge in [-0.1, -0.05) is 12.1 Å². The van der Waals surface area contributed by atoms with Crippen LogP contribution in [0.25, 0.3) is 10.6 Å². The highest BCUT2D eigenvalue weighted by Gasteiger charge is 2.24. The highest BCUT2D eigenvalue weighted by molar-refractivity contribution is 7.13. The van der Waals surface area contributed by atoms with E-state index in [0.717, 1.165) is 34.8 Å². The molecule has 25 heavy (non-hydrogen) atoms. The number of hydrogen-bond acceptors (Lipinski definition) is 5. The van der Waals surface area contributed by atoms with Gasteiger partial charge >= 0.3 is 6.09 Å². The number of aromatic nitrogens is 1. The van der Waals surface area contributed by atoms with Crippen molar-refractivity contribution in [2.75, 3.05) is 11.9 Å². The summed E-state index contributed by atoms with van der Waals surface area (Å²) >= 11 is 1.57. The summed E-state index contributed by atoms with van der Waals surface area (Å²) < 4.78 is 5.48. The Morgan fingerprint density at radius 1 is 1.32 bits per heavy atom. The van der Waals surface area contributed by atoms with Gasteiger partial charge in [-0.3, -0.25) is 5.32 Å². The smallest absolute Gasteiger partial charge is 0.411 e. The fourth-order valence-electron chi connectivity index (χ4n) is 3.45. The van der Waals surface area contributed by atoms with Gasteiger partial charge in [0.2, 0.25) is 0 Å². The second-order valence-electron chi connectivity index (χ2n) is 6.87. The lowest BCUT2D eigenvalue weighted by Crippen LogP contribution is -2.43. The van der Waals surface area contributed by atoms with Crippen LogP contribution < -0.4 is 10.6 Å². The summed E-state index contributed by atoms with van der Waals surface area (Å²) in [6.45, 7) is 6.77. The highest BCUT2D eigenvalue weighted by atomic mass is 32.1. The van der Waals surface area contributed by atoms with Crippen molar-refractivity contribution in [1.82, 2.24) is 10.3 Å². The number of benzene rings is 1. The zero-order valence-electron chi connectivity index (χ0n) is 14.9. The molecule has 0 bridgehead atoms. The molecule has 2 heterocycles. The van der Waals surface area contributed by atoms with Crippen LogP contribution in [0, 0.1) is 12.8 Å². The first kappa shape index (κ1) is 17.9. The molecule has 1 aliphatic rings. The first-order valence-corrected chi connectivity index (χ1v) is 9.60. The molecule has 0 spiro atoms. The molecule has 1 amide bonds. The van der Waals surface area contributed by atoms with E-state index in [9.17, 15) is 4.79 Å². The number of thiazole rings is 1. The van der Waals surface area contributed by atoms with Crippen LogP contribution >= 0.6 is 11.3 Å². The van der Waals surface area contributed by atoms with Crippen LogP contribution in [-0.4, -0.2) is 29.8 Å². The summed E-state index contributed by atoms with van der Waals surface area (Å²) in [6.07, 6.45) is 1.67. The van der Waals surface area contributed by atoms with Gasteiger partial charge < -0.3 is 10.1 Å². The molecule has 5 nitrogen and oxygen atoms in total. The zero-order valence-corrected chi connectivity index (χ0v) is 15.7. The number of para-hydroxylation sites is 1. The fourth-order valence-corrected chi connectivity index (χ4v) is 4.29. The first-order valence-electron chi connectivity index (χ1n) is 8.72. The van der Waals surface area contributed by atoms with Gasteiger partial charge in [0.1, 0.15) is 5.01 Å². The Labute approximate surface area is 152 Å². The number of rotatable bonds is 4. The molecule has 1 fully saturated rings. The summed E-state index contributed by atoms with van der Waals surface area (Å²) in [5, 5.41) is 9.27. The van der Waals surface area contributed by atoms with Crippen molar-refractivity contribution < 1.29 is 9.53 Å². The van der Waals surface area contributed by atoms with E-state index >= 15 is 0 Å². The molecular formula is C19H25N3O2S. The summed E-state index contributed by atoms with van der Waals surface area (Å²) in [6, 6.07) is 8.62. The molecule has 2 N–H and O–H groups in total. The Kier molecular flexibility index (Phi) is 5.71. The average Bonchev–Trinajstić information content (AvgIpc) is 2.99. The molecule has 0 unspecified atom stereocenters. The second kappa shape index (κ2) is 7.97. The van der Waals surface area contributed by atoms with Crippen molar-refractivity contribution >= 4 is 23.1 Å². The molecule has 1 saturated heterocycles. The summed E-state index contributed by atoms with van der Waals surface area (Å²) in [4.78, 5) is 16.7. The molecule has 3 rings (SSSR count). The van der Waals surface area contributed by atoms with Gasteiger partial charge in [0.05, 0.1) is 12.3 Å². The lowest BCUT2D eigenvalue weighted by molar-refractivity contribution is 0.117. The van der Waals surface area contributed by atoms with E-state index in [1.165, 1.54) is 0 Å². The van der Waals surface area contributed by atoms with E-state index in [-0.39, 0.29) is 0 Å². The van der Waals surface area contributed by atoms with Crippen molar-refractivity contribution in [1.29, 1.82) is 0 Å².